The first kappa shape index (κ1) is 52.8. The lowest BCUT2D eigenvalue weighted by atomic mass is 10.0. The van der Waals surface area contributed by atoms with Gasteiger partial charge in [-0.25, -0.2) is 0 Å². The molecule has 4 aromatic rings. The van der Waals surface area contributed by atoms with Crippen molar-refractivity contribution in [2.75, 3.05) is 6.61 Å². The van der Waals surface area contributed by atoms with E-state index in [2.05, 4.69) is 0 Å². The summed E-state index contributed by atoms with van der Waals surface area (Å²) < 4.78 is 11.8. The molecule has 53 heavy (non-hydrogen) atoms. The molecule has 6 N–H and O–H groups in total. The van der Waals surface area contributed by atoms with Crippen LogP contribution in [0.5, 0.6) is 34.5 Å². The molecule has 0 bridgehead atoms. The van der Waals surface area contributed by atoms with Crippen LogP contribution in [0.3, 0.4) is 0 Å². The number of aliphatic carboxylic acids is 1. The van der Waals surface area contributed by atoms with Gasteiger partial charge in [0.15, 0.2) is 0 Å². The Balaban J connectivity index is -0.000000764. The molecule has 0 radical (unpaired) electrons. The number of phenols is 2. The van der Waals surface area contributed by atoms with E-state index in [0.717, 1.165) is 50.4 Å². The Morgan fingerprint density at radius 3 is 1.40 bits per heavy atom. The maximum absolute atomic E-state index is 10.7. The van der Waals surface area contributed by atoms with Crippen LogP contribution in [0.1, 0.15) is 115 Å². The summed E-state index contributed by atoms with van der Waals surface area (Å²) in [5, 5.41) is 36.6. The Labute approximate surface area is 321 Å². The van der Waals surface area contributed by atoms with E-state index in [-0.39, 0.29) is 30.6 Å². The molecule has 8 nitrogen and oxygen atoms in total. The molecule has 4 rings (SSSR count). The average molecular weight is 738 g/mol. The summed E-state index contributed by atoms with van der Waals surface area (Å²) in [6, 6.07) is 19.5. The lowest BCUT2D eigenvalue weighted by Gasteiger charge is -2.15. The number of aromatic hydroxyl groups is 2. The third-order valence-corrected chi connectivity index (χ3v) is 6.84. The van der Waals surface area contributed by atoms with Gasteiger partial charge >= 0.3 is 5.97 Å². The number of aliphatic hydroxyl groups excluding tert-OH is 1. The highest BCUT2D eigenvalue weighted by Gasteiger charge is 2.11. The zero-order valence-electron chi connectivity index (χ0n) is 35.3. The topological polar surface area (TPSA) is 142 Å². The van der Waals surface area contributed by atoms with E-state index < -0.39 is 5.97 Å². The van der Waals surface area contributed by atoms with Crippen LogP contribution in [0.15, 0.2) is 66.7 Å². The van der Waals surface area contributed by atoms with E-state index in [1.54, 1.807) is 42.5 Å². The molecule has 0 amide bonds. The number of carboxylic acids is 1. The van der Waals surface area contributed by atoms with Gasteiger partial charge in [0.1, 0.15) is 34.5 Å². The van der Waals surface area contributed by atoms with E-state index >= 15 is 0 Å². The number of nitrogens with two attached hydrogens (primary N) is 1. The van der Waals surface area contributed by atoms with Crippen molar-refractivity contribution in [1.29, 1.82) is 0 Å². The van der Waals surface area contributed by atoms with E-state index in [0.29, 0.717) is 24.3 Å². The first-order valence-electron chi connectivity index (χ1n) is 19.1. The number of ether oxygens (including phenoxy) is 2. The first-order valence-corrected chi connectivity index (χ1v) is 19.1. The van der Waals surface area contributed by atoms with Gasteiger partial charge in [-0.1, -0.05) is 93.5 Å². The Hall–Kier alpha value is -4.53. The standard InChI is InChI=1S/C18H20O4.C17H21NO3.5C2H6/c1-11-10-15(5-6-16(11)19)22-18-12(2)8-14(9-13(18)3)4-7-17(20)21;1-11-7-13(9-14(18)10-19)8-12(2)17(11)21-16-5-3-15(20)4-6-16;5*1-2/h5-6,8-10,19H,4,7H2,1-3H3,(H,20,21);3-8,14,19-20H,9-10,18H2,1-2H3;5*1-2H3. The van der Waals surface area contributed by atoms with Crippen LogP contribution in [0.2, 0.25) is 0 Å². The molecule has 0 aliphatic heterocycles. The van der Waals surface area contributed by atoms with Gasteiger partial charge in [-0.15, -0.1) is 0 Å². The average Bonchev–Trinajstić information content (AvgIpc) is 3.17. The minimum absolute atomic E-state index is 0.0240. The molecule has 0 spiro atoms. The summed E-state index contributed by atoms with van der Waals surface area (Å²) in [6.45, 7) is 29.6. The van der Waals surface area contributed by atoms with Crippen LogP contribution in [0.25, 0.3) is 0 Å². The molecule has 0 heterocycles. The Bertz CT molecular complexity index is 1500. The fraction of sp³-hybridized carbons (Fsp3) is 0.444. The molecule has 0 aromatic heterocycles. The molecular weight excluding hydrogens is 666 g/mol. The van der Waals surface area contributed by atoms with Crippen molar-refractivity contribution in [3.05, 3.63) is 106 Å². The first-order chi connectivity index (χ1) is 25.4. The van der Waals surface area contributed by atoms with Crippen LogP contribution < -0.4 is 15.2 Å². The van der Waals surface area contributed by atoms with Gasteiger partial charge in [-0.05, 0) is 129 Å². The van der Waals surface area contributed by atoms with Gasteiger partial charge < -0.3 is 35.6 Å². The van der Waals surface area contributed by atoms with E-state index in [9.17, 15) is 15.0 Å². The fourth-order valence-electron chi connectivity index (χ4n) is 4.72. The van der Waals surface area contributed by atoms with Crippen molar-refractivity contribution >= 4 is 5.97 Å². The zero-order valence-corrected chi connectivity index (χ0v) is 35.3. The number of hydrogen-bond donors (Lipinski definition) is 5. The lowest BCUT2D eigenvalue weighted by molar-refractivity contribution is -0.136. The second-order valence-corrected chi connectivity index (χ2v) is 10.8. The van der Waals surface area contributed by atoms with Crippen LogP contribution in [0.4, 0.5) is 0 Å². The second kappa shape index (κ2) is 31.0. The van der Waals surface area contributed by atoms with Crippen LogP contribution in [-0.2, 0) is 17.6 Å². The summed E-state index contributed by atoms with van der Waals surface area (Å²) in [5.41, 5.74) is 12.6. The summed E-state index contributed by atoms with van der Waals surface area (Å²) >= 11 is 0. The summed E-state index contributed by atoms with van der Waals surface area (Å²) in [7, 11) is 0. The van der Waals surface area contributed by atoms with Gasteiger partial charge in [0.05, 0.1) is 6.61 Å². The number of carboxylic acid groups (broad SMARTS) is 1. The van der Waals surface area contributed by atoms with Crippen molar-refractivity contribution in [2.45, 2.75) is 129 Å². The minimum Gasteiger partial charge on any atom is -0.508 e. The fourth-order valence-corrected chi connectivity index (χ4v) is 4.72. The number of hydrogen-bond acceptors (Lipinski definition) is 7. The molecule has 8 heteroatoms. The highest BCUT2D eigenvalue weighted by molar-refractivity contribution is 5.67. The number of carbonyl (C=O) groups is 1. The molecular formula is C45H71NO7. The molecule has 4 aromatic carbocycles. The number of phenolic OH excluding ortho intramolecular Hbond substituents is 2. The highest BCUT2D eigenvalue weighted by Crippen LogP contribution is 2.33. The van der Waals surface area contributed by atoms with Gasteiger partial charge in [0.2, 0.25) is 0 Å². The SMILES string of the molecule is CC.CC.CC.CC.CC.Cc1cc(CC(N)CO)cc(C)c1Oc1ccc(O)cc1.Cc1cc(Oc2c(C)cc(CCC(=O)O)cc2C)ccc1O. The van der Waals surface area contributed by atoms with Gasteiger partial charge in [0.25, 0.3) is 0 Å². The monoisotopic (exact) mass is 738 g/mol. The summed E-state index contributed by atoms with van der Waals surface area (Å²) in [5.74, 6) is 2.58. The highest BCUT2D eigenvalue weighted by atomic mass is 16.5. The van der Waals surface area contributed by atoms with Crippen molar-refractivity contribution < 1.29 is 34.7 Å². The Morgan fingerprint density at radius 1 is 0.604 bits per heavy atom. The van der Waals surface area contributed by atoms with Crippen molar-refractivity contribution in [2.24, 2.45) is 5.73 Å². The third-order valence-electron chi connectivity index (χ3n) is 6.84. The zero-order chi connectivity index (χ0) is 41.7. The second-order valence-electron chi connectivity index (χ2n) is 10.8. The largest absolute Gasteiger partial charge is 0.508 e. The molecule has 0 saturated heterocycles. The number of benzene rings is 4. The van der Waals surface area contributed by atoms with E-state index in [4.69, 9.17) is 25.4 Å². The van der Waals surface area contributed by atoms with Crippen molar-refractivity contribution in [3.63, 3.8) is 0 Å². The van der Waals surface area contributed by atoms with Crippen molar-refractivity contribution in [3.8, 4) is 34.5 Å². The molecule has 1 unspecified atom stereocenters. The Morgan fingerprint density at radius 2 is 1.00 bits per heavy atom. The molecule has 0 saturated carbocycles. The molecule has 1 atom stereocenters. The van der Waals surface area contributed by atoms with Gasteiger partial charge in [-0.2, -0.15) is 0 Å². The predicted octanol–water partition coefficient (Wildman–Crippen LogP) is 11.9. The van der Waals surface area contributed by atoms with Crippen LogP contribution in [-0.4, -0.2) is 39.0 Å². The maximum Gasteiger partial charge on any atom is 0.303 e. The molecule has 0 fully saturated rings. The Kier molecular flexibility index (Phi) is 30.9. The van der Waals surface area contributed by atoms with E-state index in [1.165, 1.54) is 0 Å². The van der Waals surface area contributed by atoms with Crippen LogP contribution >= 0.6 is 0 Å². The molecule has 0 aliphatic rings. The number of rotatable bonds is 10. The summed E-state index contributed by atoms with van der Waals surface area (Å²) in [4.78, 5) is 10.7. The predicted molar refractivity (Wildman–Crippen MR) is 224 cm³/mol. The minimum atomic E-state index is -0.796. The molecule has 0 aliphatic carbocycles. The van der Waals surface area contributed by atoms with Crippen molar-refractivity contribution in [1.82, 2.24) is 0 Å². The van der Waals surface area contributed by atoms with Gasteiger partial charge in [0, 0.05) is 12.5 Å². The van der Waals surface area contributed by atoms with Crippen LogP contribution in [0, 0.1) is 34.6 Å². The normalized spacial score (nSPS) is 9.75. The quantitative estimate of drug-likeness (QED) is 0.108. The number of aryl methyl sites for hydroxylation is 6. The number of aliphatic hydroxyl groups is 1. The summed E-state index contributed by atoms with van der Waals surface area (Å²) in [6.07, 6.45) is 1.27. The van der Waals surface area contributed by atoms with Gasteiger partial charge in [-0.3, -0.25) is 4.79 Å². The van der Waals surface area contributed by atoms with E-state index in [1.807, 2.05) is 128 Å². The molecule has 298 valence electrons. The maximum atomic E-state index is 10.7. The third kappa shape index (κ3) is 20.3. The lowest BCUT2D eigenvalue weighted by Crippen LogP contribution is -2.26. The smallest absolute Gasteiger partial charge is 0.303 e.